The van der Waals surface area contributed by atoms with Crippen LogP contribution in [0.5, 0.6) is 0 Å². The van der Waals surface area contributed by atoms with Gasteiger partial charge in [0, 0.05) is 5.92 Å². The lowest BCUT2D eigenvalue weighted by atomic mass is 9.80. The van der Waals surface area contributed by atoms with Crippen molar-refractivity contribution in [2.45, 2.75) is 17.6 Å². The first-order valence-electron chi connectivity index (χ1n) is 14.2. The first-order valence-corrected chi connectivity index (χ1v) is 14.2. The zero-order chi connectivity index (χ0) is 29.6. The number of rotatable bonds is 10. The van der Waals surface area contributed by atoms with Crippen molar-refractivity contribution in [3.63, 3.8) is 0 Å². The Morgan fingerprint density at radius 3 is 1.51 bits per heavy atom. The number of amides is 1. The molecule has 0 fully saturated rings. The van der Waals surface area contributed by atoms with Crippen LogP contribution >= 0.6 is 0 Å². The van der Waals surface area contributed by atoms with Gasteiger partial charge in [-0.15, -0.1) is 0 Å². The Bertz CT molecular complexity index is 1560. The van der Waals surface area contributed by atoms with Gasteiger partial charge in [-0.1, -0.05) is 140 Å². The van der Waals surface area contributed by atoms with Crippen LogP contribution in [0.2, 0.25) is 0 Å². The molecule has 5 aromatic carbocycles. The Morgan fingerprint density at radius 2 is 1.07 bits per heavy atom. The van der Waals surface area contributed by atoms with Crippen LogP contribution in [0.4, 0.5) is 4.79 Å². The molecule has 6 rings (SSSR count). The molecule has 0 radical (unpaired) electrons. The smallest absolute Gasteiger partial charge is 0.407 e. The molecule has 0 aliphatic heterocycles. The van der Waals surface area contributed by atoms with E-state index in [1.54, 1.807) is 0 Å². The van der Waals surface area contributed by atoms with Gasteiger partial charge in [0.1, 0.15) is 12.2 Å². The number of alkyl carbamates (subject to hydrolysis) is 1. The van der Waals surface area contributed by atoms with E-state index in [1.165, 1.54) is 0 Å². The minimum Gasteiger partial charge on any atom is -0.480 e. The number of hydrogen-bond donors (Lipinski definition) is 2. The summed E-state index contributed by atoms with van der Waals surface area (Å²) in [4.78, 5) is 25.4. The summed E-state index contributed by atoms with van der Waals surface area (Å²) in [6.45, 7) is -0.229. The molecule has 2 N–H and O–H groups in total. The Balaban J connectivity index is 1.23. The number of carboxylic acids is 1. The molecule has 0 aromatic heterocycles. The Morgan fingerprint density at radius 1 is 0.651 bits per heavy atom. The summed E-state index contributed by atoms with van der Waals surface area (Å²) in [6, 6.07) is 43.7. The third-order valence-electron chi connectivity index (χ3n) is 7.94. The van der Waals surface area contributed by atoms with Crippen LogP contribution in [0.15, 0.2) is 140 Å². The van der Waals surface area contributed by atoms with Gasteiger partial charge in [-0.2, -0.15) is 0 Å². The molecule has 6 nitrogen and oxygen atoms in total. The maximum atomic E-state index is 13.0. The summed E-state index contributed by atoms with van der Waals surface area (Å²) in [5.74, 6) is -1.36. The molecule has 0 bridgehead atoms. The highest BCUT2D eigenvalue weighted by Gasteiger charge is 2.39. The number of hydrogen-bond acceptors (Lipinski definition) is 4. The van der Waals surface area contributed by atoms with Gasteiger partial charge in [-0.05, 0) is 38.9 Å². The van der Waals surface area contributed by atoms with Crippen molar-refractivity contribution < 1.29 is 24.2 Å². The predicted molar refractivity (Wildman–Crippen MR) is 165 cm³/mol. The molecule has 1 unspecified atom stereocenters. The number of carbonyl (C=O) groups is 2. The molecule has 1 amide bonds. The number of benzene rings is 5. The topological polar surface area (TPSA) is 84.9 Å². The molecular weight excluding hydrogens is 538 g/mol. The molecule has 43 heavy (non-hydrogen) atoms. The van der Waals surface area contributed by atoms with E-state index < -0.39 is 23.7 Å². The zero-order valence-electron chi connectivity index (χ0n) is 23.4. The highest BCUT2D eigenvalue weighted by atomic mass is 16.6. The molecule has 1 aliphatic rings. The summed E-state index contributed by atoms with van der Waals surface area (Å²) < 4.78 is 12.3. The van der Waals surface area contributed by atoms with Gasteiger partial charge in [-0.3, -0.25) is 0 Å². The van der Waals surface area contributed by atoms with Crippen molar-refractivity contribution in [1.82, 2.24) is 5.32 Å². The van der Waals surface area contributed by atoms with Gasteiger partial charge in [0.2, 0.25) is 0 Å². The summed E-state index contributed by atoms with van der Waals surface area (Å²) in [5.41, 5.74) is 5.75. The fraction of sp³-hybridized carbons (Fsp3) is 0.135. The second kappa shape index (κ2) is 12.3. The number of aliphatic carboxylic acids is 1. The second-order valence-corrected chi connectivity index (χ2v) is 10.5. The van der Waals surface area contributed by atoms with Gasteiger partial charge >= 0.3 is 12.1 Å². The van der Waals surface area contributed by atoms with Crippen molar-refractivity contribution in [2.24, 2.45) is 0 Å². The van der Waals surface area contributed by atoms with E-state index in [0.717, 1.165) is 38.9 Å². The van der Waals surface area contributed by atoms with E-state index in [9.17, 15) is 14.7 Å². The van der Waals surface area contributed by atoms with Crippen LogP contribution in [0.25, 0.3) is 11.1 Å². The number of nitrogens with one attached hydrogen (secondary N) is 1. The van der Waals surface area contributed by atoms with E-state index in [0.29, 0.717) is 0 Å². The average Bonchev–Trinajstić information content (AvgIpc) is 3.38. The molecule has 0 saturated heterocycles. The minimum absolute atomic E-state index is 0.0784. The number of carboxylic acid groups (broad SMARTS) is 1. The largest absolute Gasteiger partial charge is 0.480 e. The van der Waals surface area contributed by atoms with E-state index in [4.69, 9.17) is 9.47 Å². The first-order chi connectivity index (χ1) is 21.1. The van der Waals surface area contributed by atoms with Gasteiger partial charge in [-0.25, -0.2) is 9.59 Å². The van der Waals surface area contributed by atoms with Crippen molar-refractivity contribution in [3.8, 4) is 11.1 Å². The normalized spacial score (nSPS) is 13.0. The molecule has 214 valence electrons. The molecule has 0 spiro atoms. The monoisotopic (exact) mass is 569 g/mol. The number of carbonyl (C=O) groups excluding carboxylic acids is 1. The van der Waals surface area contributed by atoms with E-state index in [2.05, 4.69) is 17.4 Å². The fourth-order valence-electron chi connectivity index (χ4n) is 5.93. The van der Waals surface area contributed by atoms with Crippen molar-refractivity contribution >= 4 is 12.1 Å². The molecule has 1 aliphatic carbocycles. The molecule has 0 saturated carbocycles. The molecule has 5 aromatic rings. The van der Waals surface area contributed by atoms with E-state index in [1.807, 2.05) is 127 Å². The van der Waals surface area contributed by atoms with Crippen molar-refractivity contribution in [2.75, 3.05) is 13.2 Å². The molecule has 0 heterocycles. The Kier molecular flexibility index (Phi) is 8.03. The van der Waals surface area contributed by atoms with Gasteiger partial charge < -0.3 is 19.9 Å². The number of fused-ring (bicyclic) bond motifs is 3. The summed E-state index contributed by atoms with van der Waals surface area (Å²) in [7, 11) is 0. The standard InChI is InChI=1S/C37H31NO5/c39-35(40)34(38-36(41)42-24-33-31-22-12-10-20-29(31)30-21-11-13-23-32(30)33)25-43-37(26-14-4-1-5-15-26,27-16-6-2-7-17-27)28-18-8-3-9-19-28/h1-23,33-34H,24-25H2,(H,38,41)(H,39,40). The van der Waals surface area contributed by atoms with Gasteiger partial charge in [0.25, 0.3) is 0 Å². The second-order valence-electron chi connectivity index (χ2n) is 10.5. The van der Waals surface area contributed by atoms with Crippen LogP contribution < -0.4 is 5.32 Å². The number of ether oxygens (including phenoxy) is 2. The summed E-state index contributed by atoms with van der Waals surface area (Å²) in [5, 5.41) is 12.7. The molecule has 1 atom stereocenters. The van der Waals surface area contributed by atoms with Crippen LogP contribution in [0.3, 0.4) is 0 Å². The van der Waals surface area contributed by atoms with Crippen LogP contribution in [-0.2, 0) is 19.9 Å². The highest BCUT2D eigenvalue weighted by molar-refractivity contribution is 5.81. The van der Waals surface area contributed by atoms with E-state index >= 15 is 0 Å². The third kappa shape index (κ3) is 5.53. The summed E-state index contributed by atoms with van der Waals surface area (Å²) >= 11 is 0. The third-order valence-corrected chi connectivity index (χ3v) is 7.94. The lowest BCUT2D eigenvalue weighted by Crippen LogP contribution is -2.47. The van der Waals surface area contributed by atoms with Gasteiger partial charge in [0.05, 0.1) is 6.61 Å². The SMILES string of the molecule is O=C(NC(COC(c1ccccc1)(c1ccccc1)c1ccccc1)C(=O)O)OCC1c2ccccc2-c2ccccc21. The van der Waals surface area contributed by atoms with Crippen LogP contribution in [0.1, 0.15) is 33.7 Å². The van der Waals surface area contributed by atoms with Crippen LogP contribution in [0, 0.1) is 0 Å². The first kappa shape index (κ1) is 27.9. The maximum Gasteiger partial charge on any atom is 0.407 e. The maximum absolute atomic E-state index is 13.0. The van der Waals surface area contributed by atoms with E-state index in [-0.39, 0.29) is 19.1 Å². The van der Waals surface area contributed by atoms with Crippen molar-refractivity contribution in [1.29, 1.82) is 0 Å². The van der Waals surface area contributed by atoms with Crippen LogP contribution in [-0.4, -0.2) is 36.4 Å². The highest BCUT2D eigenvalue weighted by Crippen LogP contribution is 2.44. The molecule has 6 heteroatoms. The minimum atomic E-state index is -1.36. The fourth-order valence-corrected chi connectivity index (χ4v) is 5.93. The zero-order valence-corrected chi connectivity index (χ0v) is 23.4. The van der Waals surface area contributed by atoms with Crippen molar-refractivity contribution in [3.05, 3.63) is 167 Å². The predicted octanol–water partition coefficient (Wildman–Crippen LogP) is 6.99. The lowest BCUT2D eigenvalue weighted by Gasteiger charge is -2.36. The Hall–Kier alpha value is -5.20. The molecular formula is C37H31NO5. The van der Waals surface area contributed by atoms with Gasteiger partial charge in [0.15, 0.2) is 6.04 Å². The Labute approximate surface area is 250 Å². The average molecular weight is 570 g/mol. The lowest BCUT2D eigenvalue weighted by molar-refractivity contribution is -0.142. The summed E-state index contributed by atoms with van der Waals surface area (Å²) in [6.07, 6.45) is -0.817. The quantitative estimate of drug-likeness (QED) is 0.177.